The van der Waals surface area contributed by atoms with E-state index in [0.717, 1.165) is 38.9 Å². The summed E-state index contributed by atoms with van der Waals surface area (Å²) < 4.78 is 12.7. The van der Waals surface area contributed by atoms with E-state index in [1.807, 2.05) is 69.3 Å². The molecule has 0 saturated heterocycles. The van der Waals surface area contributed by atoms with E-state index in [2.05, 4.69) is 54.9 Å². The first-order chi connectivity index (χ1) is 18.3. The summed E-state index contributed by atoms with van der Waals surface area (Å²) in [6.45, 7) is 12.7. The van der Waals surface area contributed by atoms with Gasteiger partial charge in [0.1, 0.15) is 5.60 Å². The molecule has 1 unspecified atom stereocenters. The van der Waals surface area contributed by atoms with Gasteiger partial charge in [-0.2, -0.15) is 0 Å². The van der Waals surface area contributed by atoms with Crippen LogP contribution < -0.4 is 0 Å². The number of esters is 1. The van der Waals surface area contributed by atoms with Crippen LogP contribution in [0.3, 0.4) is 0 Å². The number of carbonyl (C=O) groups excluding carboxylic acids is 1. The average Bonchev–Trinajstić information content (AvgIpc) is 2.93. The zero-order valence-electron chi connectivity index (χ0n) is 22.7. The molecule has 4 rings (SSSR count). The quantitative estimate of drug-likeness (QED) is 0.163. The number of hydrogen-bond donors (Lipinski definition) is 0. The number of rotatable bonds is 9. The summed E-state index contributed by atoms with van der Waals surface area (Å²) in [5, 5.41) is 0. The van der Waals surface area contributed by atoms with Crippen molar-refractivity contribution in [3.8, 4) is 11.8 Å². The molecule has 1 aliphatic heterocycles. The Bertz CT molecular complexity index is 1330. The molecule has 3 aromatic carbocycles. The molecule has 0 bridgehead atoms. The van der Waals surface area contributed by atoms with Gasteiger partial charge in [-0.3, -0.25) is 4.90 Å². The summed E-state index contributed by atoms with van der Waals surface area (Å²) in [6.07, 6.45) is 0. The summed E-state index contributed by atoms with van der Waals surface area (Å²) in [5.74, 6) is 6.16. The van der Waals surface area contributed by atoms with Gasteiger partial charge in [-0.1, -0.05) is 104 Å². The van der Waals surface area contributed by atoms with E-state index in [1.54, 1.807) is 23.5 Å². The Morgan fingerprint density at radius 2 is 1.47 bits per heavy atom. The van der Waals surface area contributed by atoms with Crippen LogP contribution in [0, 0.1) is 11.8 Å². The summed E-state index contributed by atoms with van der Waals surface area (Å²) in [7, 11) is 0. The van der Waals surface area contributed by atoms with Gasteiger partial charge in [0.15, 0.2) is 0 Å². The van der Waals surface area contributed by atoms with Gasteiger partial charge in [0.25, 0.3) is 0 Å². The van der Waals surface area contributed by atoms with E-state index in [4.69, 9.17) is 9.47 Å². The second kappa shape index (κ2) is 12.4. The maximum absolute atomic E-state index is 14.1. The number of benzene rings is 3. The van der Waals surface area contributed by atoms with Gasteiger partial charge >= 0.3 is 5.97 Å². The van der Waals surface area contributed by atoms with E-state index in [9.17, 15) is 4.79 Å². The summed E-state index contributed by atoms with van der Waals surface area (Å²) >= 11 is 3.38. The van der Waals surface area contributed by atoms with Gasteiger partial charge < -0.3 is 9.47 Å². The molecule has 38 heavy (non-hydrogen) atoms. The summed E-state index contributed by atoms with van der Waals surface area (Å²) in [4.78, 5) is 20.8. The second-order valence-corrected chi connectivity index (χ2v) is 11.6. The molecular weight excluding hydrogens is 510 g/mol. The molecule has 0 spiro atoms. The Labute approximate surface area is 235 Å². The lowest BCUT2D eigenvalue weighted by molar-refractivity contribution is -0.179. The van der Waals surface area contributed by atoms with E-state index in [0.29, 0.717) is 6.54 Å². The maximum Gasteiger partial charge on any atom is 0.347 e. The van der Waals surface area contributed by atoms with E-state index in [-0.39, 0.29) is 6.61 Å². The smallest absolute Gasteiger partial charge is 0.347 e. The molecule has 0 aliphatic carbocycles. The molecule has 3 aromatic rings. The number of carbonyl (C=O) groups is 1. The monoisotopic (exact) mass is 545 g/mol. The van der Waals surface area contributed by atoms with Gasteiger partial charge in [0.05, 0.1) is 13.2 Å². The van der Waals surface area contributed by atoms with Crippen molar-refractivity contribution in [1.82, 2.24) is 4.90 Å². The molecule has 0 saturated carbocycles. The molecule has 198 valence electrons. The van der Waals surface area contributed by atoms with Crippen LogP contribution >= 0.6 is 23.5 Å². The van der Waals surface area contributed by atoms with Crippen LogP contribution in [0.15, 0.2) is 92.4 Å². The van der Waals surface area contributed by atoms with Gasteiger partial charge in [-0.25, -0.2) is 4.79 Å². The van der Waals surface area contributed by atoms with Crippen LogP contribution in [-0.2, 0) is 19.9 Å². The fraction of sp³-hybridized carbons (Fsp3) is 0.344. The normalized spacial score (nSPS) is 14.1. The van der Waals surface area contributed by atoms with Crippen molar-refractivity contribution >= 4 is 29.5 Å². The van der Waals surface area contributed by atoms with E-state index < -0.39 is 17.2 Å². The fourth-order valence-electron chi connectivity index (χ4n) is 4.49. The highest BCUT2D eigenvalue weighted by molar-refractivity contribution is 8.05. The van der Waals surface area contributed by atoms with E-state index in [1.165, 1.54) is 4.90 Å². The number of ether oxygens (including phenoxy) is 2. The minimum atomic E-state index is -1.50. The third-order valence-electron chi connectivity index (χ3n) is 6.38. The first-order valence-electron chi connectivity index (χ1n) is 13.1. The molecule has 0 fully saturated rings. The maximum atomic E-state index is 14.1. The Kier molecular flexibility index (Phi) is 9.27. The Balaban J connectivity index is 1.89. The SMILES string of the molecule is CCOC(=O)C(OC(C)(C)C#CCN(CC)CC)(c1ccccc1)c1cccc2c1Sc1ccccc1S2. The van der Waals surface area contributed by atoms with E-state index >= 15 is 0 Å². The standard InChI is InChI=1S/C32H35NO3S2/c1-6-33(7-2)23-15-22-31(4,5)36-32(30(34)35-8-3,24-16-10-9-11-17-24)25-18-14-21-28-29(25)38-27-20-13-12-19-26(27)37-28/h9-14,16-21H,6-8,23H2,1-5H3. The summed E-state index contributed by atoms with van der Waals surface area (Å²) in [6, 6.07) is 24.1. The van der Waals surface area contributed by atoms with Crippen molar-refractivity contribution in [2.45, 2.75) is 65.4 Å². The molecule has 0 radical (unpaired) electrons. The predicted molar refractivity (Wildman–Crippen MR) is 156 cm³/mol. The third-order valence-corrected chi connectivity index (χ3v) is 8.99. The number of nitrogens with zero attached hydrogens (tertiary/aromatic N) is 1. The highest BCUT2D eigenvalue weighted by Crippen LogP contribution is 2.53. The molecular formula is C32H35NO3S2. The third kappa shape index (κ3) is 5.97. The van der Waals surface area contributed by atoms with Crippen LogP contribution in [-0.4, -0.2) is 42.7 Å². The highest BCUT2D eigenvalue weighted by Gasteiger charge is 2.50. The van der Waals surface area contributed by atoms with Crippen LogP contribution in [0.2, 0.25) is 0 Å². The minimum absolute atomic E-state index is 0.241. The van der Waals surface area contributed by atoms with Crippen molar-refractivity contribution in [2.24, 2.45) is 0 Å². The fourth-order valence-corrected chi connectivity index (χ4v) is 6.92. The van der Waals surface area contributed by atoms with Crippen LogP contribution in [0.4, 0.5) is 0 Å². The lowest BCUT2D eigenvalue weighted by atomic mass is 9.84. The lowest BCUT2D eigenvalue weighted by Crippen LogP contribution is -2.47. The van der Waals surface area contributed by atoms with Crippen molar-refractivity contribution in [1.29, 1.82) is 0 Å². The first-order valence-corrected chi connectivity index (χ1v) is 14.7. The molecule has 4 nitrogen and oxygen atoms in total. The Morgan fingerprint density at radius 1 is 0.842 bits per heavy atom. The zero-order chi connectivity index (χ0) is 27.2. The molecule has 0 amide bonds. The first kappa shape index (κ1) is 28.3. The van der Waals surface area contributed by atoms with Gasteiger partial charge in [0.2, 0.25) is 5.60 Å². The predicted octanol–water partition coefficient (Wildman–Crippen LogP) is 7.25. The Hall–Kier alpha value is -2.69. The number of fused-ring (bicyclic) bond motifs is 2. The van der Waals surface area contributed by atoms with Gasteiger partial charge in [-0.15, -0.1) is 0 Å². The molecule has 6 heteroatoms. The van der Waals surface area contributed by atoms with Crippen molar-refractivity contribution in [2.75, 3.05) is 26.2 Å². The lowest BCUT2D eigenvalue weighted by Gasteiger charge is -2.39. The Morgan fingerprint density at radius 3 is 2.13 bits per heavy atom. The molecule has 0 aromatic heterocycles. The van der Waals surface area contributed by atoms with Crippen molar-refractivity contribution in [3.05, 3.63) is 83.9 Å². The van der Waals surface area contributed by atoms with Crippen molar-refractivity contribution < 1.29 is 14.3 Å². The number of hydrogen-bond acceptors (Lipinski definition) is 6. The van der Waals surface area contributed by atoms with Crippen molar-refractivity contribution in [3.63, 3.8) is 0 Å². The van der Waals surface area contributed by atoms with Gasteiger partial charge in [-0.05, 0) is 57.6 Å². The molecule has 1 atom stereocenters. The van der Waals surface area contributed by atoms with Crippen LogP contribution in [0.25, 0.3) is 0 Å². The second-order valence-electron chi connectivity index (χ2n) is 9.43. The molecule has 0 N–H and O–H groups in total. The van der Waals surface area contributed by atoms with Crippen LogP contribution in [0.5, 0.6) is 0 Å². The molecule has 1 heterocycles. The van der Waals surface area contributed by atoms with Gasteiger partial charge in [0, 0.05) is 25.1 Å². The topological polar surface area (TPSA) is 38.8 Å². The molecule has 1 aliphatic rings. The van der Waals surface area contributed by atoms with Crippen LogP contribution in [0.1, 0.15) is 45.7 Å². The largest absolute Gasteiger partial charge is 0.463 e. The minimum Gasteiger partial charge on any atom is -0.463 e. The average molecular weight is 546 g/mol. The highest BCUT2D eigenvalue weighted by atomic mass is 32.2. The summed E-state index contributed by atoms with van der Waals surface area (Å²) in [5.41, 5.74) is -0.959. The zero-order valence-corrected chi connectivity index (χ0v) is 24.4.